The third kappa shape index (κ3) is 4.93. The predicted molar refractivity (Wildman–Crippen MR) is 97.8 cm³/mol. The molecule has 5 heteroatoms. The lowest BCUT2D eigenvalue weighted by atomic mass is 10.0. The SMILES string of the molecule is CCc1cccc(CC)c1NC(=O)CS(=O)(=O)Cc1ccccc1. The molecule has 0 aliphatic rings. The molecule has 0 atom stereocenters. The third-order valence-electron chi connectivity index (χ3n) is 3.84. The number of benzene rings is 2. The first-order chi connectivity index (χ1) is 11.4. The molecule has 0 heterocycles. The molecule has 4 nitrogen and oxygen atoms in total. The Morgan fingerprint density at radius 1 is 0.917 bits per heavy atom. The Morgan fingerprint density at radius 3 is 2.04 bits per heavy atom. The highest BCUT2D eigenvalue weighted by molar-refractivity contribution is 7.91. The molecule has 1 amide bonds. The molecule has 1 N–H and O–H groups in total. The Hall–Kier alpha value is -2.14. The highest BCUT2D eigenvalue weighted by atomic mass is 32.2. The van der Waals surface area contributed by atoms with Crippen molar-refractivity contribution in [1.29, 1.82) is 0 Å². The van der Waals surface area contributed by atoms with E-state index in [1.54, 1.807) is 24.3 Å². The summed E-state index contributed by atoms with van der Waals surface area (Å²) in [7, 11) is -3.51. The van der Waals surface area contributed by atoms with E-state index in [2.05, 4.69) is 5.32 Å². The predicted octanol–water partition coefficient (Wildman–Crippen LogP) is 3.36. The molecule has 0 spiro atoms. The fourth-order valence-electron chi connectivity index (χ4n) is 2.66. The highest BCUT2D eigenvalue weighted by Gasteiger charge is 2.19. The van der Waals surface area contributed by atoms with Crippen LogP contribution in [0.1, 0.15) is 30.5 Å². The molecule has 0 aliphatic heterocycles. The Bertz CT molecular complexity index is 776. The molecule has 0 aromatic heterocycles. The van der Waals surface area contributed by atoms with Crippen LogP contribution in [-0.4, -0.2) is 20.1 Å². The van der Waals surface area contributed by atoms with Crippen LogP contribution in [0.4, 0.5) is 5.69 Å². The number of anilines is 1. The zero-order valence-electron chi connectivity index (χ0n) is 14.1. The van der Waals surface area contributed by atoms with Gasteiger partial charge in [-0.15, -0.1) is 0 Å². The average molecular weight is 345 g/mol. The van der Waals surface area contributed by atoms with Gasteiger partial charge in [0.2, 0.25) is 5.91 Å². The zero-order chi connectivity index (χ0) is 17.6. The Morgan fingerprint density at radius 2 is 1.50 bits per heavy atom. The van der Waals surface area contributed by atoms with Gasteiger partial charge in [-0.25, -0.2) is 8.42 Å². The Balaban J connectivity index is 2.11. The highest BCUT2D eigenvalue weighted by Crippen LogP contribution is 2.22. The number of aryl methyl sites for hydroxylation is 2. The number of rotatable bonds is 7. The van der Waals surface area contributed by atoms with Gasteiger partial charge in [0.15, 0.2) is 9.84 Å². The number of carbonyl (C=O) groups is 1. The van der Waals surface area contributed by atoms with Crippen molar-refractivity contribution >= 4 is 21.4 Å². The van der Waals surface area contributed by atoms with Gasteiger partial charge in [-0.2, -0.15) is 0 Å². The molecule has 128 valence electrons. The van der Waals surface area contributed by atoms with Gasteiger partial charge >= 0.3 is 0 Å². The van der Waals surface area contributed by atoms with Crippen LogP contribution in [0, 0.1) is 0 Å². The summed E-state index contributed by atoms with van der Waals surface area (Å²) in [4.78, 5) is 12.3. The lowest BCUT2D eigenvalue weighted by Gasteiger charge is -2.14. The first kappa shape index (κ1) is 18.2. The van der Waals surface area contributed by atoms with E-state index in [0.717, 1.165) is 29.7 Å². The minimum atomic E-state index is -3.51. The minimum absolute atomic E-state index is 0.128. The van der Waals surface area contributed by atoms with Crippen LogP contribution < -0.4 is 5.32 Å². The molecular weight excluding hydrogens is 322 g/mol. The third-order valence-corrected chi connectivity index (χ3v) is 5.32. The van der Waals surface area contributed by atoms with E-state index in [0.29, 0.717) is 5.56 Å². The van der Waals surface area contributed by atoms with Crippen molar-refractivity contribution < 1.29 is 13.2 Å². The summed E-state index contributed by atoms with van der Waals surface area (Å²) in [6.45, 7) is 4.02. The van der Waals surface area contributed by atoms with Crippen molar-refractivity contribution in [3.63, 3.8) is 0 Å². The molecule has 2 rings (SSSR count). The van der Waals surface area contributed by atoms with Crippen molar-refractivity contribution in [3.8, 4) is 0 Å². The molecule has 0 fully saturated rings. The van der Waals surface area contributed by atoms with Crippen molar-refractivity contribution in [2.75, 3.05) is 11.1 Å². The number of nitrogens with one attached hydrogen (secondary N) is 1. The second-order valence-corrected chi connectivity index (χ2v) is 7.79. The fourth-order valence-corrected chi connectivity index (χ4v) is 3.93. The van der Waals surface area contributed by atoms with E-state index in [1.807, 2.05) is 38.1 Å². The van der Waals surface area contributed by atoms with Crippen LogP contribution in [0.15, 0.2) is 48.5 Å². The first-order valence-electron chi connectivity index (χ1n) is 8.10. The number of amides is 1. The summed E-state index contributed by atoms with van der Waals surface area (Å²) in [5.74, 6) is -1.12. The van der Waals surface area contributed by atoms with E-state index in [4.69, 9.17) is 0 Å². The van der Waals surface area contributed by atoms with Crippen molar-refractivity contribution in [2.45, 2.75) is 32.4 Å². The summed E-state index contributed by atoms with van der Waals surface area (Å²) >= 11 is 0. The normalized spacial score (nSPS) is 11.2. The van der Waals surface area contributed by atoms with Crippen LogP contribution in [0.5, 0.6) is 0 Å². The van der Waals surface area contributed by atoms with Crippen molar-refractivity contribution in [3.05, 3.63) is 65.2 Å². The maximum atomic E-state index is 12.3. The summed E-state index contributed by atoms with van der Waals surface area (Å²) in [5, 5.41) is 2.80. The van der Waals surface area contributed by atoms with Crippen LogP contribution in [-0.2, 0) is 33.2 Å². The van der Waals surface area contributed by atoms with Gasteiger partial charge in [-0.3, -0.25) is 4.79 Å². The van der Waals surface area contributed by atoms with E-state index >= 15 is 0 Å². The van der Waals surface area contributed by atoms with Crippen LogP contribution in [0.3, 0.4) is 0 Å². The number of hydrogen-bond donors (Lipinski definition) is 1. The molecule has 2 aromatic rings. The molecule has 0 saturated heterocycles. The summed E-state index contributed by atoms with van der Waals surface area (Å²) in [5.41, 5.74) is 3.47. The van der Waals surface area contributed by atoms with Crippen LogP contribution >= 0.6 is 0 Å². The number of para-hydroxylation sites is 1. The molecule has 0 bridgehead atoms. The number of sulfone groups is 1. The van der Waals surface area contributed by atoms with E-state index < -0.39 is 21.5 Å². The standard InChI is InChI=1S/C19H23NO3S/c1-3-16-11-8-12-17(4-2)19(16)20-18(21)14-24(22,23)13-15-9-6-5-7-10-15/h5-12H,3-4,13-14H2,1-2H3,(H,20,21). The minimum Gasteiger partial charge on any atom is -0.325 e. The largest absolute Gasteiger partial charge is 0.325 e. The maximum Gasteiger partial charge on any atom is 0.239 e. The van der Waals surface area contributed by atoms with Gasteiger partial charge in [0.05, 0.1) is 5.75 Å². The lowest BCUT2D eigenvalue weighted by molar-refractivity contribution is -0.113. The maximum absolute atomic E-state index is 12.3. The fraction of sp³-hybridized carbons (Fsp3) is 0.316. The van der Waals surface area contributed by atoms with Crippen LogP contribution in [0.25, 0.3) is 0 Å². The van der Waals surface area contributed by atoms with E-state index in [1.165, 1.54) is 0 Å². The molecule has 0 saturated carbocycles. The van der Waals surface area contributed by atoms with Gasteiger partial charge in [0.1, 0.15) is 5.75 Å². The molecule has 0 unspecified atom stereocenters. The Labute approximate surface area is 143 Å². The molecule has 0 aliphatic carbocycles. The van der Waals surface area contributed by atoms with E-state index in [9.17, 15) is 13.2 Å². The molecular formula is C19H23NO3S. The molecule has 0 radical (unpaired) electrons. The number of carbonyl (C=O) groups excluding carboxylic acids is 1. The van der Waals surface area contributed by atoms with Gasteiger partial charge in [0, 0.05) is 5.69 Å². The zero-order valence-corrected chi connectivity index (χ0v) is 14.9. The summed E-state index contributed by atoms with van der Waals surface area (Å²) in [6.07, 6.45) is 1.56. The summed E-state index contributed by atoms with van der Waals surface area (Å²) < 4.78 is 24.5. The molecule has 2 aromatic carbocycles. The van der Waals surface area contributed by atoms with Crippen molar-refractivity contribution in [2.24, 2.45) is 0 Å². The second kappa shape index (κ2) is 8.11. The van der Waals surface area contributed by atoms with Crippen LogP contribution in [0.2, 0.25) is 0 Å². The van der Waals surface area contributed by atoms with Gasteiger partial charge in [-0.05, 0) is 29.5 Å². The lowest BCUT2D eigenvalue weighted by Crippen LogP contribution is -2.25. The topological polar surface area (TPSA) is 63.2 Å². The van der Waals surface area contributed by atoms with Gasteiger partial charge in [-0.1, -0.05) is 62.4 Å². The van der Waals surface area contributed by atoms with E-state index in [-0.39, 0.29) is 5.75 Å². The smallest absolute Gasteiger partial charge is 0.239 e. The van der Waals surface area contributed by atoms with Crippen molar-refractivity contribution in [1.82, 2.24) is 0 Å². The van der Waals surface area contributed by atoms with Gasteiger partial charge < -0.3 is 5.32 Å². The van der Waals surface area contributed by atoms with Gasteiger partial charge in [0.25, 0.3) is 0 Å². The molecule has 24 heavy (non-hydrogen) atoms. The Kier molecular flexibility index (Phi) is 6.15. The first-order valence-corrected chi connectivity index (χ1v) is 9.92. The number of hydrogen-bond acceptors (Lipinski definition) is 3. The monoisotopic (exact) mass is 345 g/mol. The quantitative estimate of drug-likeness (QED) is 0.837. The summed E-state index contributed by atoms with van der Waals surface area (Å²) in [6, 6.07) is 14.8. The average Bonchev–Trinajstić information content (AvgIpc) is 2.54. The second-order valence-electron chi connectivity index (χ2n) is 5.72.